The number of aromatic nitrogens is 5. The standard InChI is InChI=1S/C7H6N6O/c8-7-12-2-3-5(10-1-9-3)11-4(2)6(14)13-7/h1,11H,(H,9,10)(H3,8,12,13,14). The van der Waals surface area contributed by atoms with Crippen LogP contribution in [0.4, 0.5) is 5.95 Å². The number of hydrogen-bond donors (Lipinski definition) is 4. The second-order valence-electron chi connectivity index (χ2n) is 2.93. The molecule has 3 rings (SSSR count). The highest BCUT2D eigenvalue weighted by molar-refractivity contribution is 6.00. The summed E-state index contributed by atoms with van der Waals surface area (Å²) in [7, 11) is 0. The number of hydrogen-bond acceptors (Lipinski definition) is 4. The predicted molar refractivity (Wildman–Crippen MR) is 50.8 cm³/mol. The van der Waals surface area contributed by atoms with E-state index in [-0.39, 0.29) is 11.5 Å². The summed E-state index contributed by atoms with van der Waals surface area (Å²) in [5.41, 5.74) is 7.32. The Hall–Kier alpha value is -2.31. The quantitative estimate of drug-likeness (QED) is 0.389. The lowest BCUT2D eigenvalue weighted by atomic mass is 10.4. The van der Waals surface area contributed by atoms with Crippen LogP contribution in [-0.4, -0.2) is 24.9 Å². The molecule has 14 heavy (non-hydrogen) atoms. The van der Waals surface area contributed by atoms with Crippen molar-refractivity contribution in [1.82, 2.24) is 24.9 Å². The average molecular weight is 190 g/mol. The number of H-pyrrole nitrogens is 3. The van der Waals surface area contributed by atoms with Crippen molar-refractivity contribution in [2.45, 2.75) is 0 Å². The van der Waals surface area contributed by atoms with E-state index in [4.69, 9.17) is 5.73 Å². The first-order valence-electron chi connectivity index (χ1n) is 3.96. The molecule has 0 spiro atoms. The summed E-state index contributed by atoms with van der Waals surface area (Å²) in [6.07, 6.45) is 1.53. The van der Waals surface area contributed by atoms with Crippen molar-refractivity contribution in [2.24, 2.45) is 0 Å². The Balaban J connectivity index is 2.69. The van der Waals surface area contributed by atoms with E-state index in [1.54, 1.807) is 0 Å². The van der Waals surface area contributed by atoms with Gasteiger partial charge in [-0.2, -0.15) is 0 Å². The molecular formula is C7H6N6O. The summed E-state index contributed by atoms with van der Waals surface area (Å²) in [5.74, 6) is 0.0954. The Labute approximate surface area is 76.4 Å². The smallest absolute Gasteiger partial charge is 0.276 e. The van der Waals surface area contributed by atoms with Gasteiger partial charge in [0, 0.05) is 0 Å². The maximum atomic E-state index is 11.4. The van der Waals surface area contributed by atoms with Crippen molar-refractivity contribution in [3.05, 3.63) is 16.7 Å². The van der Waals surface area contributed by atoms with Gasteiger partial charge in [-0.05, 0) is 0 Å². The molecular weight excluding hydrogens is 184 g/mol. The molecule has 3 heterocycles. The highest BCUT2D eigenvalue weighted by Gasteiger charge is 2.10. The molecule has 0 aliphatic rings. The van der Waals surface area contributed by atoms with Gasteiger partial charge >= 0.3 is 0 Å². The minimum absolute atomic E-state index is 0.0954. The summed E-state index contributed by atoms with van der Waals surface area (Å²) in [4.78, 5) is 27.6. The maximum absolute atomic E-state index is 11.4. The van der Waals surface area contributed by atoms with Crippen LogP contribution in [0.1, 0.15) is 0 Å². The Bertz CT molecular complexity index is 674. The van der Waals surface area contributed by atoms with Gasteiger partial charge in [0.2, 0.25) is 5.95 Å². The lowest BCUT2D eigenvalue weighted by Crippen LogP contribution is -2.10. The molecule has 3 aromatic rings. The lowest BCUT2D eigenvalue weighted by molar-refractivity contribution is 1.18. The SMILES string of the molecule is Nc1nc2c([nH]c3nc[nH]c32)c(=O)[nH]1. The zero-order valence-electron chi connectivity index (χ0n) is 6.96. The molecule has 0 atom stereocenters. The van der Waals surface area contributed by atoms with E-state index in [1.165, 1.54) is 6.33 Å². The number of nitrogens with two attached hydrogens (primary N) is 1. The van der Waals surface area contributed by atoms with Gasteiger partial charge in [0.15, 0.2) is 5.65 Å². The molecule has 0 saturated heterocycles. The normalized spacial score (nSPS) is 11.4. The first-order valence-corrected chi connectivity index (χ1v) is 3.96. The van der Waals surface area contributed by atoms with Gasteiger partial charge in [0.1, 0.15) is 16.6 Å². The molecule has 3 aromatic heterocycles. The first-order chi connectivity index (χ1) is 6.75. The summed E-state index contributed by atoms with van der Waals surface area (Å²) in [6.45, 7) is 0. The molecule has 5 N–H and O–H groups in total. The minimum Gasteiger partial charge on any atom is -0.369 e. The number of rotatable bonds is 0. The molecule has 7 nitrogen and oxygen atoms in total. The van der Waals surface area contributed by atoms with Gasteiger partial charge in [-0.25, -0.2) is 9.97 Å². The highest BCUT2D eigenvalue weighted by atomic mass is 16.1. The van der Waals surface area contributed by atoms with Crippen LogP contribution in [0, 0.1) is 0 Å². The van der Waals surface area contributed by atoms with Gasteiger partial charge in [-0.1, -0.05) is 0 Å². The molecule has 0 fully saturated rings. The number of nitrogens with zero attached hydrogens (tertiary/aromatic N) is 2. The van der Waals surface area contributed by atoms with Crippen molar-refractivity contribution in [1.29, 1.82) is 0 Å². The van der Waals surface area contributed by atoms with Crippen molar-refractivity contribution in [3.8, 4) is 0 Å². The third-order valence-electron chi connectivity index (χ3n) is 2.06. The van der Waals surface area contributed by atoms with Crippen molar-refractivity contribution in [2.75, 3.05) is 5.73 Å². The molecule has 0 aromatic carbocycles. The molecule has 7 heteroatoms. The van der Waals surface area contributed by atoms with Crippen LogP contribution in [0.5, 0.6) is 0 Å². The fourth-order valence-electron chi connectivity index (χ4n) is 1.48. The van der Waals surface area contributed by atoms with Crippen molar-refractivity contribution >= 4 is 28.1 Å². The maximum Gasteiger partial charge on any atom is 0.276 e. The number of anilines is 1. The van der Waals surface area contributed by atoms with Gasteiger partial charge in [-0.3, -0.25) is 9.78 Å². The second-order valence-corrected chi connectivity index (χ2v) is 2.93. The number of nitrogens with one attached hydrogen (secondary N) is 3. The van der Waals surface area contributed by atoms with E-state index in [0.29, 0.717) is 22.2 Å². The van der Waals surface area contributed by atoms with E-state index in [9.17, 15) is 4.79 Å². The number of imidazole rings is 1. The van der Waals surface area contributed by atoms with Crippen LogP contribution in [0.25, 0.3) is 22.2 Å². The van der Waals surface area contributed by atoms with Crippen LogP contribution in [0.3, 0.4) is 0 Å². The van der Waals surface area contributed by atoms with Crippen LogP contribution in [0.15, 0.2) is 11.1 Å². The van der Waals surface area contributed by atoms with Gasteiger partial charge in [-0.15, -0.1) is 0 Å². The van der Waals surface area contributed by atoms with Crippen molar-refractivity contribution in [3.63, 3.8) is 0 Å². The summed E-state index contributed by atoms with van der Waals surface area (Å²) < 4.78 is 0. The monoisotopic (exact) mass is 190 g/mol. The van der Waals surface area contributed by atoms with Crippen molar-refractivity contribution < 1.29 is 0 Å². The van der Waals surface area contributed by atoms with Gasteiger partial charge in [0.25, 0.3) is 5.56 Å². The van der Waals surface area contributed by atoms with Crippen LogP contribution in [0.2, 0.25) is 0 Å². The molecule has 70 valence electrons. The molecule has 0 aliphatic carbocycles. The molecule has 0 radical (unpaired) electrons. The number of fused-ring (bicyclic) bond motifs is 3. The predicted octanol–water partition coefficient (Wildman–Crippen LogP) is -0.290. The van der Waals surface area contributed by atoms with Crippen LogP contribution < -0.4 is 11.3 Å². The van der Waals surface area contributed by atoms with Gasteiger partial charge < -0.3 is 15.7 Å². The summed E-state index contributed by atoms with van der Waals surface area (Å²) in [5, 5.41) is 0. The Morgan fingerprint density at radius 1 is 1.29 bits per heavy atom. The van der Waals surface area contributed by atoms with E-state index in [0.717, 1.165) is 0 Å². The topological polar surface area (TPSA) is 116 Å². The van der Waals surface area contributed by atoms with Crippen LogP contribution >= 0.6 is 0 Å². The first kappa shape index (κ1) is 7.13. The Kier molecular flexibility index (Phi) is 1.09. The second kappa shape index (κ2) is 2.13. The number of nitrogen functional groups attached to an aromatic ring is 1. The third kappa shape index (κ3) is 0.729. The fraction of sp³-hybridized carbons (Fsp3) is 0. The van der Waals surface area contributed by atoms with Gasteiger partial charge in [0.05, 0.1) is 6.33 Å². The number of aromatic amines is 3. The largest absolute Gasteiger partial charge is 0.369 e. The third-order valence-corrected chi connectivity index (χ3v) is 2.06. The zero-order valence-corrected chi connectivity index (χ0v) is 6.96. The summed E-state index contributed by atoms with van der Waals surface area (Å²) >= 11 is 0. The fourth-order valence-corrected chi connectivity index (χ4v) is 1.48. The molecule has 0 unspecified atom stereocenters. The summed E-state index contributed by atoms with van der Waals surface area (Å²) in [6, 6.07) is 0. The Morgan fingerprint density at radius 3 is 3.00 bits per heavy atom. The molecule has 0 amide bonds. The van der Waals surface area contributed by atoms with Crippen LogP contribution in [-0.2, 0) is 0 Å². The molecule has 0 aliphatic heterocycles. The van der Waals surface area contributed by atoms with E-state index < -0.39 is 0 Å². The highest BCUT2D eigenvalue weighted by Crippen LogP contribution is 2.17. The minimum atomic E-state index is -0.293. The lowest BCUT2D eigenvalue weighted by Gasteiger charge is -1.91. The van der Waals surface area contributed by atoms with E-state index in [1.807, 2.05) is 0 Å². The average Bonchev–Trinajstić information content (AvgIpc) is 2.65. The van der Waals surface area contributed by atoms with E-state index in [2.05, 4.69) is 24.9 Å². The van der Waals surface area contributed by atoms with E-state index >= 15 is 0 Å². The molecule has 0 bridgehead atoms. The molecule has 0 saturated carbocycles. The zero-order chi connectivity index (χ0) is 9.71. The Morgan fingerprint density at radius 2 is 2.14 bits per heavy atom.